The molecule has 1 amide bonds. The molecule has 1 aliphatic rings. The number of sulfonamides is 1. The van der Waals surface area contributed by atoms with E-state index in [9.17, 15) is 13.2 Å². The quantitative estimate of drug-likeness (QED) is 0.662. The lowest BCUT2D eigenvalue weighted by Gasteiger charge is -2.30. The zero-order valence-electron chi connectivity index (χ0n) is 14.1. The normalized spacial score (nSPS) is 18.6. The molecule has 0 aliphatic carbocycles. The van der Waals surface area contributed by atoms with Crippen molar-refractivity contribution in [3.05, 3.63) is 40.7 Å². The molecule has 1 saturated heterocycles. The van der Waals surface area contributed by atoms with E-state index < -0.39 is 15.9 Å². The van der Waals surface area contributed by atoms with E-state index in [4.69, 9.17) is 11.6 Å². The first kappa shape index (κ1) is 18.8. The molecule has 0 radical (unpaired) electrons. The van der Waals surface area contributed by atoms with Crippen LogP contribution in [0.15, 0.2) is 39.9 Å². The van der Waals surface area contributed by atoms with Crippen LogP contribution >= 0.6 is 34.3 Å². The summed E-state index contributed by atoms with van der Waals surface area (Å²) in [6.45, 7) is 0.618. The molecular weight excluding hydrogens is 426 g/mol. The van der Waals surface area contributed by atoms with Gasteiger partial charge in [0.25, 0.3) is 10.0 Å². The highest BCUT2D eigenvalue weighted by Crippen LogP contribution is 2.30. The highest BCUT2D eigenvalue weighted by molar-refractivity contribution is 7.91. The van der Waals surface area contributed by atoms with Gasteiger partial charge < -0.3 is 5.32 Å². The minimum atomic E-state index is -3.54. The first-order valence-electron chi connectivity index (χ1n) is 8.34. The van der Waals surface area contributed by atoms with Crippen molar-refractivity contribution in [1.29, 1.82) is 0 Å². The molecule has 142 valence electrons. The van der Waals surface area contributed by atoms with Crippen molar-refractivity contribution in [1.82, 2.24) is 9.29 Å². The summed E-state index contributed by atoms with van der Waals surface area (Å²) in [7, 11) is -3.54. The summed E-state index contributed by atoms with van der Waals surface area (Å²) in [4.78, 5) is 17.1. The third-order valence-electron chi connectivity index (χ3n) is 4.42. The van der Waals surface area contributed by atoms with Crippen molar-refractivity contribution in [2.45, 2.75) is 17.1 Å². The second-order valence-electron chi connectivity index (χ2n) is 6.25. The van der Waals surface area contributed by atoms with E-state index in [0.717, 1.165) is 10.2 Å². The number of nitrogens with one attached hydrogen (secondary N) is 1. The van der Waals surface area contributed by atoms with E-state index in [2.05, 4.69) is 10.3 Å². The van der Waals surface area contributed by atoms with Crippen molar-refractivity contribution in [2.24, 2.45) is 5.92 Å². The van der Waals surface area contributed by atoms with Gasteiger partial charge in [0.1, 0.15) is 4.21 Å². The van der Waals surface area contributed by atoms with Gasteiger partial charge in [-0.3, -0.25) is 4.79 Å². The maximum absolute atomic E-state index is 12.7. The van der Waals surface area contributed by atoms with Crippen LogP contribution in [0.1, 0.15) is 12.8 Å². The highest BCUT2D eigenvalue weighted by Gasteiger charge is 2.34. The molecule has 0 saturated carbocycles. The number of hydrogen-bond donors (Lipinski definition) is 1. The number of hydrogen-bond acceptors (Lipinski definition) is 6. The van der Waals surface area contributed by atoms with Crippen LogP contribution in [-0.4, -0.2) is 36.7 Å². The summed E-state index contributed by atoms with van der Waals surface area (Å²) in [6.07, 6.45) is 1.30. The lowest BCUT2D eigenvalue weighted by molar-refractivity contribution is -0.120. The fourth-order valence-electron chi connectivity index (χ4n) is 3.07. The molecule has 1 N–H and O–H groups in total. The number of rotatable bonds is 4. The van der Waals surface area contributed by atoms with Gasteiger partial charge >= 0.3 is 0 Å². The van der Waals surface area contributed by atoms with Gasteiger partial charge in [0, 0.05) is 18.1 Å². The number of thiazole rings is 1. The molecule has 4 rings (SSSR count). The Balaban J connectivity index is 1.48. The number of carbonyl (C=O) groups is 1. The van der Waals surface area contributed by atoms with Gasteiger partial charge in [-0.2, -0.15) is 4.31 Å². The van der Waals surface area contributed by atoms with Crippen LogP contribution in [0.3, 0.4) is 0 Å². The number of nitrogens with zero attached hydrogens (tertiary/aromatic N) is 2. The fourth-order valence-corrected chi connectivity index (χ4v) is 6.88. The van der Waals surface area contributed by atoms with Crippen LogP contribution in [0.2, 0.25) is 5.02 Å². The summed E-state index contributed by atoms with van der Waals surface area (Å²) in [5.41, 5.74) is 0.769. The molecule has 3 aromatic rings. The topological polar surface area (TPSA) is 79.4 Å². The second kappa shape index (κ2) is 7.48. The Morgan fingerprint density at radius 2 is 2.19 bits per heavy atom. The van der Waals surface area contributed by atoms with Gasteiger partial charge in [0.15, 0.2) is 5.13 Å². The summed E-state index contributed by atoms with van der Waals surface area (Å²) in [5, 5.41) is 5.68. The first-order valence-corrected chi connectivity index (χ1v) is 11.9. The third-order valence-corrected chi connectivity index (χ3v) is 8.83. The number of piperidine rings is 1. The van der Waals surface area contributed by atoms with Gasteiger partial charge in [-0.1, -0.05) is 29.0 Å². The van der Waals surface area contributed by atoms with Crippen LogP contribution < -0.4 is 5.32 Å². The molecule has 1 fully saturated rings. The second-order valence-corrected chi connectivity index (χ2v) is 10.8. The van der Waals surface area contributed by atoms with E-state index in [-0.39, 0.29) is 12.5 Å². The summed E-state index contributed by atoms with van der Waals surface area (Å²) in [5.74, 6) is -0.602. The number of carbonyl (C=O) groups excluding carboxylic acids is 1. The van der Waals surface area contributed by atoms with Gasteiger partial charge in [0.2, 0.25) is 5.91 Å². The number of fused-ring (bicyclic) bond motifs is 1. The number of thiophene rings is 1. The van der Waals surface area contributed by atoms with Crippen molar-refractivity contribution < 1.29 is 13.2 Å². The molecule has 6 nitrogen and oxygen atoms in total. The number of benzene rings is 1. The lowest BCUT2D eigenvalue weighted by Crippen LogP contribution is -2.43. The molecule has 3 heterocycles. The molecule has 1 aliphatic heterocycles. The van der Waals surface area contributed by atoms with E-state index in [0.29, 0.717) is 33.7 Å². The van der Waals surface area contributed by atoms with Crippen LogP contribution in [0.4, 0.5) is 5.13 Å². The predicted molar refractivity (Wildman–Crippen MR) is 109 cm³/mol. The zero-order chi connectivity index (χ0) is 19.0. The minimum absolute atomic E-state index is 0.183. The Kier molecular flexibility index (Phi) is 5.21. The number of aromatic nitrogens is 1. The maximum Gasteiger partial charge on any atom is 0.252 e. The first-order chi connectivity index (χ1) is 12.9. The van der Waals surface area contributed by atoms with Gasteiger partial charge in [-0.05, 0) is 42.5 Å². The smallest absolute Gasteiger partial charge is 0.252 e. The monoisotopic (exact) mass is 441 g/mol. The van der Waals surface area contributed by atoms with Crippen LogP contribution in [-0.2, 0) is 14.8 Å². The Bertz CT molecular complexity index is 1080. The predicted octanol–water partition coefficient (Wildman–Crippen LogP) is 4.05. The van der Waals surface area contributed by atoms with Gasteiger partial charge in [-0.25, -0.2) is 13.4 Å². The Morgan fingerprint density at radius 3 is 2.96 bits per heavy atom. The molecule has 1 atom stereocenters. The number of halogens is 1. The number of amides is 1. The van der Waals surface area contributed by atoms with E-state index in [1.165, 1.54) is 27.0 Å². The SMILES string of the molecule is O=C(Nc1nc2ccc(Cl)cc2s1)C1CCCN(S(=O)(=O)c2cccs2)C1. The van der Waals surface area contributed by atoms with Crippen molar-refractivity contribution in [3.8, 4) is 0 Å². The molecular formula is C17H16ClN3O3S3. The molecule has 0 bridgehead atoms. The summed E-state index contributed by atoms with van der Waals surface area (Å²) >= 11 is 8.53. The molecule has 1 aromatic carbocycles. The lowest BCUT2D eigenvalue weighted by atomic mass is 9.99. The van der Waals surface area contributed by atoms with E-state index in [1.54, 1.807) is 35.7 Å². The number of anilines is 1. The Hall–Kier alpha value is -1.52. The molecule has 10 heteroatoms. The maximum atomic E-state index is 12.7. The van der Waals surface area contributed by atoms with Crippen LogP contribution in [0, 0.1) is 5.92 Å². The van der Waals surface area contributed by atoms with Crippen molar-refractivity contribution in [2.75, 3.05) is 18.4 Å². The Morgan fingerprint density at radius 1 is 1.33 bits per heavy atom. The van der Waals surface area contributed by atoms with Crippen molar-refractivity contribution >= 4 is 65.6 Å². The van der Waals surface area contributed by atoms with E-state index >= 15 is 0 Å². The fraction of sp³-hybridized carbons (Fsp3) is 0.294. The molecule has 2 aromatic heterocycles. The van der Waals surface area contributed by atoms with Gasteiger partial charge in [-0.15, -0.1) is 11.3 Å². The molecule has 1 unspecified atom stereocenters. The van der Waals surface area contributed by atoms with Crippen LogP contribution in [0.5, 0.6) is 0 Å². The average Bonchev–Trinajstić information content (AvgIpc) is 3.31. The van der Waals surface area contributed by atoms with Crippen molar-refractivity contribution in [3.63, 3.8) is 0 Å². The molecule has 0 spiro atoms. The van der Waals surface area contributed by atoms with Crippen LogP contribution in [0.25, 0.3) is 10.2 Å². The standard InChI is InChI=1S/C17H16ClN3O3S3/c18-12-5-6-13-14(9-12)26-17(19-13)20-16(22)11-3-1-7-21(10-11)27(23,24)15-4-2-8-25-15/h2,4-6,8-9,11H,1,3,7,10H2,(H,19,20,22). The van der Waals surface area contributed by atoms with Gasteiger partial charge in [0.05, 0.1) is 16.1 Å². The summed E-state index contributed by atoms with van der Waals surface area (Å²) in [6, 6.07) is 8.67. The highest BCUT2D eigenvalue weighted by atomic mass is 35.5. The third kappa shape index (κ3) is 3.88. The average molecular weight is 442 g/mol. The van der Waals surface area contributed by atoms with E-state index in [1.807, 2.05) is 0 Å². The Labute approximate surface area is 169 Å². The minimum Gasteiger partial charge on any atom is -0.302 e. The zero-order valence-corrected chi connectivity index (χ0v) is 17.3. The molecule has 27 heavy (non-hydrogen) atoms. The summed E-state index contributed by atoms with van der Waals surface area (Å²) < 4.78 is 28.0. The largest absolute Gasteiger partial charge is 0.302 e.